The average molecular weight is 437 g/mol. The highest BCUT2D eigenvalue weighted by Crippen LogP contribution is 2.20. The number of nitrogens with zero attached hydrogens (tertiary/aromatic N) is 6. The number of carbonyl (C=O) groups excluding carboxylic acids is 1. The Labute approximate surface area is 187 Å². The van der Waals surface area contributed by atoms with Crippen molar-refractivity contribution >= 4 is 29.4 Å². The first-order valence-electron chi connectivity index (χ1n) is 10.3. The van der Waals surface area contributed by atoms with Crippen LogP contribution in [-0.4, -0.2) is 56.5 Å². The SMILES string of the molecule is Cc1nc(N2CCN(C(=O)/C=C/c3ccccc3Cl)CC2)cc(-n2cnc(C)c2C)n1. The Kier molecular flexibility index (Phi) is 6.04. The number of amides is 1. The quantitative estimate of drug-likeness (QED) is 0.584. The van der Waals surface area contributed by atoms with Crippen molar-refractivity contribution in [1.29, 1.82) is 0 Å². The summed E-state index contributed by atoms with van der Waals surface area (Å²) < 4.78 is 1.98. The second-order valence-corrected chi connectivity index (χ2v) is 7.99. The van der Waals surface area contributed by atoms with Crippen LogP contribution in [0.5, 0.6) is 0 Å². The molecule has 160 valence electrons. The van der Waals surface area contributed by atoms with Gasteiger partial charge in [0.2, 0.25) is 5.91 Å². The fourth-order valence-corrected chi connectivity index (χ4v) is 3.78. The molecule has 3 aromatic rings. The highest BCUT2D eigenvalue weighted by molar-refractivity contribution is 6.32. The minimum atomic E-state index is -0.0105. The van der Waals surface area contributed by atoms with Crippen LogP contribution in [0, 0.1) is 20.8 Å². The zero-order valence-electron chi connectivity index (χ0n) is 17.9. The molecule has 0 bridgehead atoms. The molecule has 0 spiro atoms. The largest absolute Gasteiger partial charge is 0.353 e. The van der Waals surface area contributed by atoms with Crippen molar-refractivity contribution in [3.8, 4) is 5.82 Å². The van der Waals surface area contributed by atoms with Gasteiger partial charge in [0.1, 0.15) is 23.8 Å². The van der Waals surface area contributed by atoms with E-state index in [4.69, 9.17) is 11.6 Å². The minimum absolute atomic E-state index is 0.0105. The highest BCUT2D eigenvalue weighted by atomic mass is 35.5. The summed E-state index contributed by atoms with van der Waals surface area (Å²) >= 11 is 6.16. The Bertz CT molecular complexity index is 1130. The maximum Gasteiger partial charge on any atom is 0.246 e. The minimum Gasteiger partial charge on any atom is -0.353 e. The summed E-state index contributed by atoms with van der Waals surface area (Å²) in [4.78, 5) is 30.2. The highest BCUT2D eigenvalue weighted by Gasteiger charge is 2.21. The monoisotopic (exact) mass is 436 g/mol. The van der Waals surface area contributed by atoms with E-state index < -0.39 is 0 Å². The lowest BCUT2D eigenvalue weighted by Crippen LogP contribution is -2.48. The molecule has 2 aromatic heterocycles. The molecular weight excluding hydrogens is 412 g/mol. The van der Waals surface area contributed by atoms with Crippen LogP contribution in [0.15, 0.2) is 42.7 Å². The first-order valence-corrected chi connectivity index (χ1v) is 10.6. The van der Waals surface area contributed by atoms with Crippen molar-refractivity contribution in [1.82, 2.24) is 24.4 Å². The fraction of sp³-hybridized carbons (Fsp3) is 0.304. The van der Waals surface area contributed by atoms with E-state index in [-0.39, 0.29) is 5.91 Å². The molecule has 1 aliphatic rings. The van der Waals surface area contributed by atoms with Gasteiger partial charge in [0.25, 0.3) is 0 Å². The number of aryl methyl sites for hydroxylation is 2. The lowest BCUT2D eigenvalue weighted by Gasteiger charge is -2.35. The Morgan fingerprint density at radius 1 is 1.03 bits per heavy atom. The van der Waals surface area contributed by atoms with Crippen molar-refractivity contribution in [3.05, 3.63) is 70.5 Å². The third kappa shape index (κ3) is 4.61. The second kappa shape index (κ2) is 8.89. The maximum atomic E-state index is 12.6. The predicted molar refractivity (Wildman–Crippen MR) is 123 cm³/mol. The second-order valence-electron chi connectivity index (χ2n) is 7.58. The zero-order chi connectivity index (χ0) is 22.0. The molecule has 1 fully saturated rings. The predicted octanol–water partition coefficient (Wildman–Crippen LogP) is 3.60. The number of hydrogen-bond acceptors (Lipinski definition) is 5. The number of hydrogen-bond donors (Lipinski definition) is 0. The molecule has 0 aliphatic carbocycles. The third-order valence-corrected chi connectivity index (χ3v) is 5.88. The Morgan fingerprint density at radius 3 is 2.42 bits per heavy atom. The molecule has 31 heavy (non-hydrogen) atoms. The Morgan fingerprint density at radius 2 is 1.74 bits per heavy atom. The van der Waals surface area contributed by atoms with Gasteiger partial charge in [-0.15, -0.1) is 0 Å². The van der Waals surface area contributed by atoms with Crippen LogP contribution < -0.4 is 4.90 Å². The molecule has 1 aliphatic heterocycles. The summed E-state index contributed by atoms with van der Waals surface area (Å²) in [5.74, 6) is 2.37. The molecule has 0 atom stereocenters. The number of rotatable bonds is 4. The molecule has 0 unspecified atom stereocenters. The first-order chi connectivity index (χ1) is 14.9. The molecule has 0 N–H and O–H groups in total. The number of anilines is 1. The number of aromatic nitrogens is 4. The van der Waals surface area contributed by atoms with Gasteiger partial charge in [-0.3, -0.25) is 9.36 Å². The van der Waals surface area contributed by atoms with Crippen molar-refractivity contribution in [2.24, 2.45) is 0 Å². The van der Waals surface area contributed by atoms with E-state index in [0.29, 0.717) is 37.0 Å². The topological polar surface area (TPSA) is 67.2 Å². The Hall–Kier alpha value is -3.19. The Balaban J connectivity index is 1.43. The van der Waals surface area contributed by atoms with Crippen LogP contribution in [0.4, 0.5) is 5.82 Å². The molecule has 0 radical (unpaired) electrons. The van der Waals surface area contributed by atoms with Crippen molar-refractivity contribution in [3.63, 3.8) is 0 Å². The van der Waals surface area contributed by atoms with Crippen molar-refractivity contribution < 1.29 is 4.79 Å². The standard InChI is InChI=1S/C23H25ClN6O/c1-16-17(2)30(15-25-16)22-14-21(26-18(3)27-22)28-10-12-29(13-11-28)23(31)9-8-19-6-4-5-7-20(19)24/h4-9,14-15H,10-13H2,1-3H3/b9-8+. The van der Waals surface area contributed by atoms with Crippen molar-refractivity contribution in [2.75, 3.05) is 31.1 Å². The van der Waals surface area contributed by atoms with E-state index in [0.717, 1.165) is 28.6 Å². The molecule has 4 rings (SSSR count). The summed E-state index contributed by atoms with van der Waals surface area (Å²) in [5.41, 5.74) is 2.88. The van der Waals surface area contributed by atoms with Crippen LogP contribution >= 0.6 is 11.6 Å². The number of imidazole rings is 1. The molecule has 1 aromatic carbocycles. The lowest BCUT2D eigenvalue weighted by molar-refractivity contribution is -0.126. The smallest absolute Gasteiger partial charge is 0.246 e. The van der Waals surface area contributed by atoms with Gasteiger partial charge >= 0.3 is 0 Å². The molecule has 8 heteroatoms. The van der Waals surface area contributed by atoms with Crippen LogP contribution in [-0.2, 0) is 4.79 Å². The van der Waals surface area contributed by atoms with E-state index in [2.05, 4.69) is 19.9 Å². The van der Waals surface area contributed by atoms with Crippen LogP contribution in [0.3, 0.4) is 0 Å². The van der Waals surface area contributed by atoms with Gasteiger partial charge in [-0.05, 0) is 38.5 Å². The maximum absolute atomic E-state index is 12.6. The van der Waals surface area contributed by atoms with Gasteiger partial charge in [0.15, 0.2) is 0 Å². The zero-order valence-corrected chi connectivity index (χ0v) is 18.7. The summed E-state index contributed by atoms with van der Waals surface area (Å²) in [6.07, 6.45) is 5.15. The summed E-state index contributed by atoms with van der Waals surface area (Å²) in [6.45, 7) is 8.59. The van der Waals surface area contributed by atoms with E-state index in [1.165, 1.54) is 0 Å². The number of halogens is 1. The van der Waals surface area contributed by atoms with E-state index in [9.17, 15) is 4.79 Å². The molecule has 1 saturated heterocycles. The van der Waals surface area contributed by atoms with Gasteiger partial charge in [-0.1, -0.05) is 29.8 Å². The molecular formula is C23H25ClN6O. The lowest BCUT2D eigenvalue weighted by atomic mass is 10.2. The molecule has 7 nitrogen and oxygen atoms in total. The molecule has 3 heterocycles. The van der Waals surface area contributed by atoms with Gasteiger partial charge in [-0.25, -0.2) is 15.0 Å². The van der Waals surface area contributed by atoms with Crippen molar-refractivity contribution in [2.45, 2.75) is 20.8 Å². The van der Waals surface area contributed by atoms with Gasteiger partial charge in [-0.2, -0.15) is 0 Å². The first kappa shape index (κ1) is 21.1. The van der Waals surface area contributed by atoms with Gasteiger partial charge in [0.05, 0.1) is 5.69 Å². The van der Waals surface area contributed by atoms with Crippen LogP contribution in [0.1, 0.15) is 22.8 Å². The summed E-state index contributed by atoms with van der Waals surface area (Å²) in [6, 6.07) is 9.46. The molecule has 1 amide bonds. The average Bonchev–Trinajstić information content (AvgIpc) is 3.11. The van der Waals surface area contributed by atoms with Crippen LogP contribution in [0.25, 0.3) is 11.9 Å². The molecule has 0 saturated carbocycles. The number of benzene rings is 1. The van der Waals surface area contributed by atoms with Gasteiger partial charge in [0, 0.05) is 49.0 Å². The van der Waals surface area contributed by atoms with E-state index >= 15 is 0 Å². The summed E-state index contributed by atoms with van der Waals surface area (Å²) in [5, 5.41) is 0.634. The number of carbonyl (C=O) groups is 1. The van der Waals surface area contributed by atoms with Gasteiger partial charge < -0.3 is 9.80 Å². The fourth-order valence-electron chi connectivity index (χ4n) is 3.58. The van der Waals surface area contributed by atoms with E-state index in [1.807, 2.05) is 60.6 Å². The van der Waals surface area contributed by atoms with E-state index in [1.54, 1.807) is 18.5 Å². The van der Waals surface area contributed by atoms with Crippen LogP contribution in [0.2, 0.25) is 5.02 Å². The number of piperazine rings is 1. The normalized spacial score (nSPS) is 14.5. The third-order valence-electron chi connectivity index (χ3n) is 5.54. The summed E-state index contributed by atoms with van der Waals surface area (Å²) in [7, 11) is 0.